The molecule has 1 aromatic carbocycles. The van der Waals surface area contributed by atoms with E-state index in [1.54, 1.807) is 0 Å². The second-order valence-corrected chi connectivity index (χ2v) is 4.82. The van der Waals surface area contributed by atoms with Crippen LogP contribution in [0.25, 0.3) is 11.0 Å². The fraction of sp³-hybridized carbons (Fsp3) is 0.462. The van der Waals surface area contributed by atoms with Gasteiger partial charge in [0.2, 0.25) is 0 Å². The summed E-state index contributed by atoms with van der Waals surface area (Å²) in [6, 6.07) is 5.87. The molecule has 1 heterocycles. The Morgan fingerprint density at radius 1 is 1.29 bits per heavy atom. The van der Waals surface area contributed by atoms with E-state index in [0.29, 0.717) is 0 Å². The summed E-state index contributed by atoms with van der Waals surface area (Å²) in [5, 5.41) is 6.04. The predicted molar refractivity (Wildman–Crippen MR) is 71.9 cm³/mol. The molecule has 0 aliphatic heterocycles. The molecule has 0 radical (unpaired) electrons. The first-order chi connectivity index (χ1) is 8.31. The summed E-state index contributed by atoms with van der Waals surface area (Å²) in [4.78, 5) is 0. The maximum absolute atomic E-state index is 5.67. The summed E-state index contributed by atoms with van der Waals surface area (Å²) < 4.78 is 10.9. The van der Waals surface area contributed by atoms with Crippen molar-refractivity contribution in [3.05, 3.63) is 23.9 Å². The van der Waals surface area contributed by atoms with Crippen LogP contribution in [0.1, 0.15) is 25.0 Å². The molecule has 2 aromatic rings. The van der Waals surface area contributed by atoms with Crippen LogP contribution < -0.4 is 4.74 Å². The lowest BCUT2D eigenvalue weighted by Crippen LogP contribution is -1.97. The fourth-order valence-corrected chi connectivity index (χ4v) is 2.09. The molecule has 0 fully saturated rings. The van der Waals surface area contributed by atoms with Crippen molar-refractivity contribution in [2.45, 2.75) is 26.2 Å². The molecule has 0 bridgehead atoms. The smallest absolute Gasteiger partial charge is 0.170 e. The van der Waals surface area contributed by atoms with Crippen molar-refractivity contribution >= 4 is 26.9 Å². The molecule has 92 valence electrons. The molecule has 0 amide bonds. The average Bonchev–Trinajstić information content (AvgIpc) is 2.71. The van der Waals surface area contributed by atoms with Crippen molar-refractivity contribution in [1.82, 2.24) is 5.16 Å². The normalized spacial score (nSPS) is 10.9. The number of aryl methyl sites for hydroxylation is 1. The zero-order chi connectivity index (χ0) is 12.1. The van der Waals surface area contributed by atoms with Gasteiger partial charge in [-0.2, -0.15) is 0 Å². The lowest BCUT2D eigenvalue weighted by Gasteiger charge is -2.05. The third-order valence-corrected chi connectivity index (χ3v) is 3.23. The number of fused-ring (bicyclic) bond motifs is 1. The lowest BCUT2D eigenvalue weighted by atomic mass is 10.2. The Balaban J connectivity index is 1.91. The minimum atomic E-state index is 0.756. The van der Waals surface area contributed by atoms with Gasteiger partial charge in [-0.05, 0) is 38.3 Å². The Hall–Kier alpha value is -1.03. The van der Waals surface area contributed by atoms with E-state index in [-0.39, 0.29) is 0 Å². The number of aromatic nitrogens is 1. The van der Waals surface area contributed by atoms with Gasteiger partial charge in [-0.15, -0.1) is 0 Å². The maximum Gasteiger partial charge on any atom is 0.170 e. The van der Waals surface area contributed by atoms with Crippen LogP contribution in [0, 0.1) is 6.92 Å². The zero-order valence-electron chi connectivity index (χ0n) is 9.91. The Morgan fingerprint density at radius 2 is 2.18 bits per heavy atom. The Labute approximate surface area is 109 Å². The highest BCUT2D eigenvalue weighted by Crippen LogP contribution is 2.23. The van der Waals surface area contributed by atoms with E-state index < -0.39 is 0 Å². The first-order valence-electron chi connectivity index (χ1n) is 5.86. The van der Waals surface area contributed by atoms with E-state index >= 15 is 0 Å². The number of nitrogens with zero attached hydrogens (tertiary/aromatic N) is 1. The van der Waals surface area contributed by atoms with E-state index in [0.717, 1.165) is 40.8 Å². The molecule has 0 N–H and O–H groups in total. The zero-order valence-corrected chi connectivity index (χ0v) is 11.5. The number of hydrogen-bond acceptors (Lipinski definition) is 3. The average molecular weight is 298 g/mol. The highest BCUT2D eigenvalue weighted by atomic mass is 79.9. The van der Waals surface area contributed by atoms with Gasteiger partial charge in [0, 0.05) is 16.8 Å². The second kappa shape index (κ2) is 6.05. The molecular formula is C13H16BrNO2. The Morgan fingerprint density at radius 3 is 3.00 bits per heavy atom. The van der Waals surface area contributed by atoms with Crippen LogP contribution in [0.3, 0.4) is 0 Å². The summed E-state index contributed by atoms with van der Waals surface area (Å²) in [7, 11) is 0. The van der Waals surface area contributed by atoms with E-state index in [9.17, 15) is 0 Å². The van der Waals surface area contributed by atoms with Crippen LogP contribution in [0.4, 0.5) is 0 Å². The van der Waals surface area contributed by atoms with Crippen molar-refractivity contribution in [3.63, 3.8) is 0 Å². The molecule has 2 rings (SSSR count). The summed E-state index contributed by atoms with van der Waals surface area (Å²) >= 11 is 3.42. The van der Waals surface area contributed by atoms with Gasteiger partial charge in [0.1, 0.15) is 5.75 Å². The summed E-state index contributed by atoms with van der Waals surface area (Å²) in [6.07, 6.45) is 3.47. The van der Waals surface area contributed by atoms with Crippen molar-refractivity contribution in [2.75, 3.05) is 11.9 Å². The number of rotatable bonds is 6. The molecule has 0 saturated carbocycles. The van der Waals surface area contributed by atoms with E-state index in [1.165, 1.54) is 12.8 Å². The van der Waals surface area contributed by atoms with Crippen LogP contribution in [-0.4, -0.2) is 17.1 Å². The minimum absolute atomic E-state index is 0.756. The number of unbranched alkanes of at least 4 members (excludes halogenated alkanes) is 2. The van der Waals surface area contributed by atoms with Crippen molar-refractivity contribution in [2.24, 2.45) is 0 Å². The maximum atomic E-state index is 5.67. The summed E-state index contributed by atoms with van der Waals surface area (Å²) in [6.45, 7) is 2.69. The molecule has 4 heteroatoms. The molecular weight excluding hydrogens is 282 g/mol. The largest absolute Gasteiger partial charge is 0.493 e. The molecule has 0 aliphatic rings. The van der Waals surface area contributed by atoms with Crippen molar-refractivity contribution in [1.29, 1.82) is 0 Å². The van der Waals surface area contributed by atoms with Crippen LogP contribution in [0.2, 0.25) is 0 Å². The first kappa shape index (κ1) is 12.4. The van der Waals surface area contributed by atoms with Gasteiger partial charge >= 0.3 is 0 Å². The topological polar surface area (TPSA) is 35.3 Å². The van der Waals surface area contributed by atoms with E-state index in [4.69, 9.17) is 9.26 Å². The number of hydrogen-bond donors (Lipinski definition) is 0. The highest BCUT2D eigenvalue weighted by molar-refractivity contribution is 9.09. The van der Waals surface area contributed by atoms with Crippen molar-refractivity contribution in [3.8, 4) is 5.75 Å². The quantitative estimate of drug-likeness (QED) is 0.595. The number of alkyl halides is 1. The van der Waals surface area contributed by atoms with Gasteiger partial charge in [-0.1, -0.05) is 21.1 Å². The predicted octanol–water partition coefficient (Wildman–Crippen LogP) is 4.08. The van der Waals surface area contributed by atoms with Crippen LogP contribution in [0.15, 0.2) is 22.7 Å². The van der Waals surface area contributed by atoms with Crippen LogP contribution in [-0.2, 0) is 0 Å². The molecule has 1 aromatic heterocycles. The number of ether oxygens (including phenoxy) is 1. The third-order valence-electron chi connectivity index (χ3n) is 2.67. The molecule has 0 saturated heterocycles. The molecule has 0 unspecified atom stereocenters. The molecule has 0 spiro atoms. The SMILES string of the molecule is Cc1noc2cc(OCCCCCBr)ccc12. The van der Waals surface area contributed by atoms with Gasteiger partial charge in [0.15, 0.2) is 5.58 Å². The van der Waals surface area contributed by atoms with Crippen LogP contribution >= 0.6 is 15.9 Å². The second-order valence-electron chi connectivity index (χ2n) is 4.02. The van der Waals surface area contributed by atoms with Gasteiger partial charge in [-0.3, -0.25) is 0 Å². The summed E-state index contributed by atoms with van der Waals surface area (Å²) in [5.41, 5.74) is 1.71. The van der Waals surface area contributed by atoms with Gasteiger partial charge in [0.25, 0.3) is 0 Å². The van der Waals surface area contributed by atoms with E-state index in [1.807, 2.05) is 25.1 Å². The lowest BCUT2D eigenvalue weighted by molar-refractivity contribution is 0.306. The molecule has 0 atom stereocenters. The molecule has 17 heavy (non-hydrogen) atoms. The number of benzene rings is 1. The standard InChI is InChI=1S/C13H16BrNO2/c1-10-12-6-5-11(9-13(12)17-15-10)16-8-4-2-3-7-14/h5-6,9H,2-4,7-8H2,1H3. The van der Waals surface area contributed by atoms with Gasteiger partial charge in [-0.25, -0.2) is 0 Å². The van der Waals surface area contributed by atoms with Crippen LogP contribution in [0.5, 0.6) is 5.75 Å². The highest BCUT2D eigenvalue weighted by Gasteiger charge is 2.05. The van der Waals surface area contributed by atoms with Gasteiger partial charge in [0.05, 0.1) is 12.3 Å². The minimum Gasteiger partial charge on any atom is -0.493 e. The van der Waals surface area contributed by atoms with Crippen molar-refractivity contribution < 1.29 is 9.26 Å². The monoisotopic (exact) mass is 297 g/mol. The molecule has 0 aliphatic carbocycles. The number of halogens is 1. The Kier molecular flexibility index (Phi) is 4.42. The first-order valence-corrected chi connectivity index (χ1v) is 6.98. The van der Waals surface area contributed by atoms with Gasteiger partial charge < -0.3 is 9.26 Å². The molecule has 3 nitrogen and oxygen atoms in total. The van der Waals surface area contributed by atoms with E-state index in [2.05, 4.69) is 21.1 Å². The Bertz CT molecular complexity index is 481. The fourth-order valence-electron chi connectivity index (χ4n) is 1.70. The summed E-state index contributed by atoms with van der Waals surface area (Å²) in [5.74, 6) is 0.854. The third kappa shape index (κ3) is 3.22.